The van der Waals surface area contributed by atoms with Crippen LogP contribution in [0.2, 0.25) is 0 Å². The molecule has 21 heavy (non-hydrogen) atoms. The van der Waals surface area contributed by atoms with Gasteiger partial charge in [-0.15, -0.1) is 0 Å². The zero-order valence-corrected chi connectivity index (χ0v) is 12.7. The van der Waals surface area contributed by atoms with Crippen LogP contribution in [0, 0.1) is 0 Å². The van der Waals surface area contributed by atoms with Crippen LogP contribution in [0.3, 0.4) is 0 Å². The lowest BCUT2D eigenvalue weighted by atomic mass is 10.1. The molecule has 6 heteroatoms. The van der Waals surface area contributed by atoms with Crippen molar-refractivity contribution in [2.45, 2.75) is 45.3 Å². The first kappa shape index (κ1) is 16.0. The van der Waals surface area contributed by atoms with E-state index in [-0.39, 0.29) is 18.6 Å². The molecule has 1 aromatic rings. The molecule has 1 fully saturated rings. The number of hydrogen-bond acceptors (Lipinski definition) is 4. The van der Waals surface area contributed by atoms with Gasteiger partial charge in [-0.25, -0.2) is 4.98 Å². The summed E-state index contributed by atoms with van der Waals surface area (Å²) in [5.74, 6) is 0.957. The van der Waals surface area contributed by atoms with Crippen molar-refractivity contribution in [2.24, 2.45) is 0 Å². The molecule has 0 aromatic carbocycles. The van der Waals surface area contributed by atoms with E-state index in [9.17, 15) is 4.79 Å². The molecule has 118 valence electrons. The van der Waals surface area contributed by atoms with Crippen LogP contribution in [0.5, 0.6) is 0 Å². The van der Waals surface area contributed by atoms with Gasteiger partial charge < -0.3 is 19.4 Å². The highest BCUT2D eigenvalue weighted by atomic mass is 16.5. The average Bonchev–Trinajstić information content (AvgIpc) is 2.96. The van der Waals surface area contributed by atoms with E-state index >= 15 is 0 Å². The van der Waals surface area contributed by atoms with E-state index in [4.69, 9.17) is 9.47 Å². The number of aromatic nitrogens is 2. The Bertz CT molecular complexity index is 428. The maximum Gasteiger partial charge on any atom is 0.246 e. The van der Waals surface area contributed by atoms with Crippen LogP contribution in [0.25, 0.3) is 0 Å². The van der Waals surface area contributed by atoms with Gasteiger partial charge in [0.1, 0.15) is 12.4 Å². The summed E-state index contributed by atoms with van der Waals surface area (Å²) in [6.45, 7) is 4.81. The van der Waals surface area contributed by atoms with Crippen LogP contribution >= 0.6 is 0 Å². The summed E-state index contributed by atoms with van der Waals surface area (Å²) in [6, 6.07) is 0. The van der Waals surface area contributed by atoms with Crippen molar-refractivity contribution in [3.8, 4) is 0 Å². The van der Waals surface area contributed by atoms with Crippen LogP contribution in [0.1, 0.15) is 32.0 Å². The number of amides is 1. The van der Waals surface area contributed by atoms with Gasteiger partial charge in [-0.2, -0.15) is 0 Å². The highest BCUT2D eigenvalue weighted by Crippen LogP contribution is 2.12. The van der Waals surface area contributed by atoms with Crippen LogP contribution in [-0.4, -0.2) is 47.9 Å². The Kier molecular flexibility index (Phi) is 6.69. The quantitative estimate of drug-likeness (QED) is 0.781. The maximum atomic E-state index is 11.7. The SMILES string of the molecule is CCc1nccn1CCNC(=O)COCC1CCCCO1. The molecule has 0 bridgehead atoms. The van der Waals surface area contributed by atoms with Gasteiger partial charge in [0.05, 0.1) is 12.7 Å². The summed E-state index contributed by atoms with van der Waals surface area (Å²) in [4.78, 5) is 15.9. The molecule has 2 rings (SSSR count). The standard InChI is InChI=1S/C15H25N3O3/c1-2-14-16-6-8-18(14)9-7-17-15(19)12-20-11-13-5-3-4-10-21-13/h6,8,13H,2-5,7,9-12H2,1H3,(H,17,19). The van der Waals surface area contributed by atoms with Gasteiger partial charge >= 0.3 is 0 Å². The zero-order valence-electron chi connectivity index (χ0n) is 12.7. The molecule has 1 saturated heterocycles. The van der Waals surface area contributed by atoms with Gasteiger partial charge in [-0.1, -0.05) is 6.92 Å². The first-order chi connectivity index (χ1) is 10.3. The number of aryl methyl sites for hydroxylation is 1. The highest BCUT2D eigenvalue weighted by molar-refractivity contribution is 5.77. The number of nitrogens with one attached hydrogen (secondary N) is 1. The van der Waals surface area contributed by atoms with Crippen molar-refractivity contribution in [1.29, 1.82) is 0 Å². The van der Waals surface area contributed by atoms with Gasteiger partial charge in [0.2, 0.25) is 5.91 Å². The number of nitrogens with zero attached hydrogens (tertiary/aromatic N) is 2. The minimum atomic E-state index is -0.0797. The lowest BCUT2D eigenvalue weighted by Crippen LogP contribution is -2.32. The Labute approximate surface area is 125 Å². The van der Waals surface area contributed by atoms with Crippen LogP contribution in [0.4, 0.5) is 0 Å². The largest absolute Gasteiger partial charge is 0.376 e. The molecule has 0 saturated carbocycles. The van der Waals surface area contributed by atoms with Crippen molar-refractivity contribution in [3.63, 3.8) is 0 Å². The second-order valence-electron chi connectivity index (χ2n) is 5.24. The van der Waals surface area contributed by atoms with Crippen LogP contribution < -0.4 is 5.32 Å². The summed E-state index contributed by atoms with van der Waals surface area (Å²) in [5, 5.41) is 2.86. The van der Waals surface area contributed by atoms with E-state index in [0.717, 1.165) is 38.2 Å². The number of imidazole rings is 1. The van der Waals surface area contributed by atoms with E-state index < -0.39 is 0 Å². The fourth-order valence-corrected chi connectivity index (χ4v) is 2.45. The van der Waals surface area contributed by atoms with Gasteiger partial charge in [0.15, 0.2) is 0 Å². The molecule has 1 aliphatic rings. The van der Waals surface area contributed by atoms with E-state index in [1.165, 1.54) is 6.42 Å². The van der Waals surface area contributed by atoms with Gasteiger partial charge in [0.25, 0.3) is 0 Å². The Balaban J connectivity index is 1.55. The van der Waals surface area contributed by atoms with E-state index in [1.807, 2.05) is 6.20 Å². The van der Waals surface area contributed by atoms with Crippen molar-refractivity contribution >= 4 is 5.91 Å². The molecule has 1 aromatic heterocycles. The molecule has 1 aliphatic heterocycles. The first-order valence-corrected chi connectivity index (χ1v) is 7.75. The van der Waals surface area contributed by atoms with Crippen molar-refractivity contribution in [1.82, 2.24) is 14.9 Å². The predicted molar refractivity (Wildman–Crippen MR) is 79.0 cm³/mol. The molecule has 0 aliphatic carbocycles. The molecule has 1 amide bonds. The molecule has 1 N–H and O–H groups in total. The third-order valence-electron chi connectivity index (χ3n) is 3.60. The molecule has 1 atom stereocenters. The second kappa shape index (κ2) is 8.79. The summed E-state index contributed by atoms with van der Waals surface area (Å²) < 4.78 is 13.0. The van der Waals surface area contributed by atoms with Crippen LogP contribution in [-0.2, 0) is 27.2 Å². The number of carbonyl (C=O) groups excluding carboxylic acids is 1. The summed E-state index contributed by atoms with van der Waals surface area (Å²) in [6.07, 6.45) is 8.11. The molecule has 6 nitrogen and oxygen atoms in total. The lowest BCUT2D eigenvalue weighted by Gasteiger charge is -2.22. The highest BCUT2D eigenvalue weighted by Gasteiger charge is 2.14. The Morgan fingerprint density at radius 1 is 1.57 bits per heavy atom. The number of carbonyl (C=O) groups is 1. The van der Waals surface area contributed by atoms with E-state index in [1.54, 1.807) is 6.20 Å². The van der Waals surface area contributed by atoms with E-state index in [2.05, 4.69) is 21.8 Å². The van der Waals surface area contributed by atoms with Gasteiger partial charge in [0, 0.05) is 38.5 Å². The minimum absolute atomic E-state index is 0.0797. The zero-order chi connectivity index (χ0) is 14.9. The number of rotatable bonds is 8. The van der Waals surface area contributed by atoms with Gasteiger partial charge in [-0.3, -0.25) is 4.79 Å². The second-order valence-corrected chi connectivity index (χ2v) is 5.24. The van der Waals surface area contributed by atoms with Crippen molar-refractivity contribution in [3.05, 3.63) is 18.2 Å². The third kappa shape index (κ3) is 5.47. The number of ether oxygens (including phenoxy) is 2. The minimum Gasteiger partial charge on any atom is -0.376 e. The summed E-state index contributed by atoms with van der Waals surface area (Å²) in [7, 11) is 0. The molecule has 2 heterocycles. The van der Waals surface area contributed by atoms with Crippen LogP contribution in [0.15, 0.2) is 12.4 Å². The van der Waals surface area contributed by atoms with E-state index in [0.29, 0.717) is 13.2 Å². The molecular formula is C15H25N3O3. The molecular weight excluding hydrogens is 270 g/mol. The number of hydrogen-bond donors (Lipinski definition) is 1. The monoisotopic (exact) mass is 295 g/mol. The maximum absolute atomic E-state index is 11.7. The third-order valence-corrected chi connectivity index (χ3v) is 3.60. The topological polar surface area (TPSA) is 65.4 Å². The fourth-order valence-electron chi connectivity index (χ4n) is 2.45. The fraction of sp³-hybridized carbons (Fsp3) is 0.733. The molecule has 0 spiro atoms. The molecule has 1 unspecified atom stereocenters. The first-order valence-electron chi connectivity index (χ1n) is 7.75. The van der Waals surface area contributed by atoms with Crippen molar-refractivity contribution in [2.75, 3.05) is 26.4 Å². The summed E-state index contributed by atoms with van der Waals surface area (Å²) in [5.41, 5.74) is 0. The smallest absolute Gasteiger partial charge is 0.246 e. The Morgan fingerprint density at radius 3 is 3.24 bits per heavy atom. The van der Waals surface area contributed by atoms with Gasteiger partial charge in [-0.05, 0) is 19.3 Å². The van der Waals surface area contributed by atoms with Crippen molar-refractivity contribution < 1.29 is 14.3 Å². The Morgan fingerprint density at radius 2 is 2.48 bits per heavy atom. The Hall–Kier alpha value is -1.40. The predicted octanol–water partition coefficient (Wildman–Crippen LogP) is 1.15. The summed E-state index contributed by atoms with van der Waals surface area (Å²) >= 11 is 0. The lowest BCUT2D eigenvalue weighted by molar-refractivity contribution is -0.127. The average molecular weight is 295 g/mol. The molecule has 0 radical (unpaired) electrons. The normalized spacial score (nSPS) is 18.6.